The molecule has 2 aromatic rings. The van der Waals surface area contributed by atoms with Crippen molar-refractivity contribution < 1.29 is 22.3 Å². The molecule has 0 amide bonds. The predicted molar refractivity (Wildman–Crippen MR) is 77.2 cm³/mol. The lowest BCUT2D eigenvalue weighted by Gasteiger charge is -2.11. The number of halogens is 3. The zero-order chi connectivity index (χ0) is 15.6. The molecule has 4 nitrogen and oxygen atoms in total. The first kappa shape index (κ1) is 15.9. The van der Waals surface area contributed by atoms with Gasteiger partial charge in [0.25, 0.3) is 10.0 Å². The molecular formula is C13H10BrF2NO3S. The van der Waals surface area contributed by atoms with Crippen LogP contribution in [-0.4, -0.2) is 13.5 Å². The van der Waals surface area contributed by atoms with Crippen LogP contribution in [-0.2, 0) is 16.6 Å². The maximum absolute atomic E-state index is 13.7. The standard InChI is InChI=1S/C13H10BrF2NO3S/c14-9-3-1-2-4-11(9)17-21(19,20)12-6-8(7-18)5-10(15)13(12)16/h1-6,17-18H,7H2. The van der Waals surface area contributed by atoms with Gasteiger partial charge in [-0.2, -0.15) is 0 Å². The predicted octanol–water partition coefficient (Wildman–Crippen LogP) is 3.02. The van der Waals surface area contributed by atoms with Gasteiger partial charge in [0.2, 0.25) is 0 Å². The fourth-order valence-electron chi connectivity index (χ4n) is 1.65. The lowest BCUT2D eigenvalue weighted by molar-refractivity contribution is 0.280. The first-order valence-electron chi connectivity index (χ1n) is 5.71. The van der Waals surface area contributed by atoms with E-state index in [9.17, 15) is 17.2 Å². The Bertz CT molecular complexity index is 781. The van der Waals surface area contributed by atoms with E-state index in [1.807, 2.05) is 0 Å². The summed E-state index contributed by atoms with van der Waals surface area (Å²) in [6.07, 6.45) is 0. The van der Waals surface area contributed by atoms with Crippen molar-refractivity contribution in [2.24, 2.45) is 0 Å². The summed E-state index contributed by atoms with van der Waals surface area (Å²) in [6, 6.07) is 7.95. The highest BCUT2D eigenvalue weighted by Gasteiger charge is 2.23. The molecule has 0 saturated carbocycles. The maximum atomic E-state index is 13.7. The quantitative estimate of drug-likeness (QED) is 0.860. The van der Waals surface area contributed by atoms with Gasteiger partial charge in [-0.15, -0.1) is 0 Å². The number of aliphatic hydroxyl groups is 1. The van der Waals surface area contributed by atoms with Gasteiger partial charge < -0.3 is 5.11 Å². The Morgan fingerprint density at radius 1 is 1.19 bits per heavy atom. The summed E-state index contributed by atoms with van der Waals surface area (Å²) in [5, 5.41) is 8.97. The molecule has 0 aliphatic heterocycles. The molecule has 2 rings (SSSR count). The number of anilines is 1. The third-order valence-corrected chi connectivity index (χ3v) is 4.70. The summed E-state index contributed by atoms with van der Waals surface area (Å²) in [5.74, 6) is -2.83. The van der Waals surface area contributed by atoms with Crippen LogP contribution in [0.2, 0.25) is 0 Å². The Balaban J connectivity index is 2.50. The van der Waals surface area contributed by atoms with E-state index < -0.39 is 33.2 Å². The monoisotopic (exact) mass is 377 g/mol. The highest BCUT2D eigenvalue weighted by atomic mass is 79.9. The lowest BCUT2D eigenvalue weighted by Crippen LogP contribution is -2.16. The molecule has 0 aliphatic carbocycles. The Morgan fingerprint density at radius 3 is 2.48 bits per heavy atom. The number of para-hydroxylation sites is 1. The van der Waals surface area contributed by atoms with E-state index in [-0.39, 0.29) is 11.3 Å². The highest BCUT2D eigenvalue weighted by molar-refractivity contribution is 9.10. The molecular weight excluding hydrogens is 368 g/mol. The van der Waals surface area contributed by atoms with Gasteiger partial charge in [0.1, 0.15) is 4.90 Å². The Hall–Kier alpha value is -1.51. The molecule has 8 heteroatoms. The second-order valence-corrected chi connectivity index (χ2v) is 6.64. The summed E-state index contributed by atoms with van der Waals surface area (Å²) in [4.78, 5) is -0.859. The molecule has 0 heterocycles. The average Bonchev–Trinajstić information content (AvgIpc) is 2.43. The zero-order valence-corrected chi connectivity index (χ0v) is 12.9. The van der Waals surface area contributed by atoms with Crippen molar-refractivity contribution in [3.05, 3.63) is 58.1 Å². The van der Waals surface area contributed by atoms with Gasteiger partial charge in [0.05, 0.1) is 12.3 Å². The van der Waals surface area contributed by atoms with E-state index in [1.54, 1.807) is 18.2 Å². The topological polar surface area (TPSA) is 66.4 Å². The van der Waals surface area contributed by atoms with Crippen LogP contribution in [0.1, 0.15) is 5.56 Å². The smallest absolute Gasteiger partial charge is 0.264 e. The number of hydrogen-bond donors (Lipinski definition) is 2. The number of rotatable bonds is 4. The molecule has 0 fully saturated rings. The Morgan fingerprint density at radius 2 is 1.86 bits per heavy atom. The van der Waals surface area contributed by atoms with Crippen LogP contribution in [0.5, 0.6) is 0 Å². The fourth-order valence-corrected chi connectivity index (χ4v) is 3.38. The molecule has 0 unspecified atom stereocenters. The molecule has 2 aromatic carbocycles. The largest absolute Gasteiger partial charge is 0.392 e. The molecule has 0 atom stereocenters. The molecule has 0 spiro atoms. The molecule has 0 radical (unpaired) electrons. The van der Waals surface area contributed by atoms with E-state index in [0.29, 0.717) is 4.47 Å². The molecule has 0 saturated heterocycles. The number of aliphatic hydroxyl groups excluding tert-OH is 1. The maximum Gasteiger partial charge on any atom is 0.264 e. The molecule has 0 bridgehead atoms. The second kappa shape index (κ2) is 6.08. The van der Waals surface area contributed by atoms with Crippen molar-refractivity contribution in [1.82, 2.24) is 0 Å². The third kappa shape index (κ3) is 3.39. The minimum atomic E-state index is -4.33. The summed E-state index contributed by atoms with van der Waals surface area (Å²) in [5.41, 5.74) is 0.146. The molecule has 21 heavy (non-hydrogen) atoms. The van der Waals surface area contributed by atoms with Crippen LogP contribution in [0, 0.1) is 11.6 Å². The number of nitrogens with one attached hydrogen (secondary N) is 1. The lowest BCUT2D eigenvalue weighted by atomic mass is 10.2. The Labute approximate surface area is 128 Å². The van der Waals surface area contributed by atoms with Gasteiger partial charge in [0.15, 0.2) is 11.6 Å². The van der Waals surface area contributed by atoms with Crippen LogP contribution in [0.4, 0.5) is 14.5 Å². The van der Waals surface area contributed by atoms with Gasteiger partial charge in [-0.05, 0) is 45.8 Å². The minimum Gasteiger partial charge on any atom is -0.392 e. The van der Waals surface area contributed by atoms with Crippen LogP contribution < -0.4 is 4.72 Å². The van der Waals surface area contributed by atoms with E-state index in [0.717, 1.165) is 12.1 Å². The summed E-state index contributed by atoms with van der Waals surface area (Å²) < 4.78 is 54.1. The van der Waals surface area contributed by atoms with E-state index in [2.05, 4.69) is 20.7 Å². The van der Waals surface area contributed by atoms with Crippen molar-refractivity contribution in [3.8, 4) is 0 Å². The van der Waals surface area contributed by atoms with Crippen molar-refractivity contribution in [2.75, 3.05) is 4.72 Å². The minimum absolute atomic E-state index is 0.0404. The highest BCUT2D eigenvalue weighted by Crippen LogP contribution is 2.26. The zero-order valence-electron chi connectivity index (χ0n) is 10.5. The number of hydrogen-bond acceptors (Lipinski definition) is 3. The van der Waals surface area contributed by atoms with Crippen molar-refractivity contribution in [3.63, 3.8) is 0 Å². The first-order valence-corrected chi connectivity index (χ1v) is 7.99. The molecule has 0 aromatic heterocycles. The SMILES string of the molecule is O=S(=O)(Nc1ccccc1Br)c1cc(CO)cc(F)c1F. The summed E-state index contributed by atoms with van der Waals surface area (Å²) in [6.45, 7) is -0.602. The van der Waals surface area contributed by atoms with Gasteiger partial charge in [0, 0.05) is 4.47 Å². The van der Waals surface area contributed by atoms with Crippen molar-refractivity contribution >= 4 is 31.6 Å². The molecule has 112 valence electrons. The second-order valence-electron chi connectivity index (χ2n) is 4.13. The van der Waals surface area contributed by atoms with Crippen LogP contribution in [0.15, 0.2) is 45.8 Å². The van der Waals surface area contributed by atoms with Crippen LogP contribution >= 0.6 is 15.9 Å². The van der Waals surface area contributed by atoms with Crippen molar-refractivity contribution in [2.45, 2.75) is 11.5 Å². The fraction of sp³-hybridized carbons (Fsp3) is 0.0769. The van der Waals surface area contributed by atoms with Crippen molar-refractivity contribution in [1.29, 1.82) is 0 Å². The Kier molecular flexibility index (Phi) is 4.60. The summed E-state index contributed by atoms with van der Waals surface area (Å²) in [7, 11) is -4.33. The number of sulfonamides is 1. The summed E-state index contributed by atoms with van der Waals surface area (Å²) >= 11 is 3.15. The number of benzene rings is 2. The van der Waals surface area contributed by atoms with Gasteiger partial charge >= 0.3 is 0 Å². The van der Waals surface area contributed by atoms with Gasteiger partial charge in [-0.3, -0.25) is 4.72 Å². The average molecular weight is 378 g/mol. The van der Waals surface area contributed by atoms with Gasteiger partial charge in [-0.1, -0.05) is 12.1 Å². The molecule has 2 N–H and O–H groups in total. The molecule has 0 aliphatic rings. The third-order valence-electron chi connectivity index (χ3n) is 2.64. The van der Waals surface area contributed by atoms with E-state index >= 15 is 0 Å². The van der Waals surface area contributed by atoms with Gasteiger partial charge in [-0.25, -0.2) is 17.2 Å². The first-order chi connectivity index (χ1) is 9.85. The normalized spacial score (nSPS) is 11.4. The van der Waals surface area contributed by atoms with Crippen LogP contribution in [0.3, 0.4) is 0 Å². The van der Waals surface area contributed by atoms with Crippen LogP contribution in [0.25, 0.3) is 0 Å². The van der Waals surface area contributed by atoms with E-state index in [4.69, 9.17) is 5.11 Å². The van der Waals surface area contributed by atoms with E-state index in [1.165, 1.54) is 6.07 Å².